The van der Waals surface area contributed by atoms with Crippen LogP contribution < -0.4 is 11.1 Å². The van der Waals surface area contributed by atoms with Crippen molar-refractivity contribution in [1.82, 2.24) is 5.32 Å². The summed E-state index contributed by atoms with van der Waals surface area (Å²) in [6.07, 6.45) is 1.06. The molecule has 0 aliphatic heterocycles. The van der Waals surface area contributed by atoms with Gasteiger partial charge < -0.3 is 11.1 Å². The van der Waals surface area contributed by atoms with E-state index in [2.05, 4.69) is 19.2 Å². The van der Waals surface area contributed by atoms with Crippen LogP contribution in [0.15, 0.2) is 0 Å². The van der Waals surface area contributed by atoms with E-state index in [1.807, 2.05) is 0 Å². The number of nitrogens with two attached hydrogens (primary N) is 1. The van der Waals surface area contributed by atoms with Gasteiger partial charge in [-0.1, -0.05) is 13.8 Å². The fourth-order valence-corrected chi connectivity index (χ4v) is 0.474. The third-order valence-electron chi connectivity index (χ3n) is 1.18. The molecule has 0 amide bonds. The van der Waals surface area contributed by atoms with Crippen molar-refractivity contribution < 1.29 is 0 Å². The lowest BCUT2D eigenvalue weighted by molar-refractivity contribution is 0.576. The highest BCUT2D eigenvalue weighted by molar-refractivity contribution is 4.59. The van der Waals surface area contributed by atoms with Gasteiger partial charge >= 0.3 is 0 Å². The summed E-state index contributed by atoms with van der Waals surface area (Å²) < 4.78 is 0. The molecule has 2 heteroatoms. The second-order valence-corrected chi connectivity index (χ2v) is 1.98. The Morgan fingerprint density at radius 1 is 1.50 bits per heavy atom. The number of likely N-dealkylation sites (N-methyl/N-ethyl adjacent to an activating group) is 1. The third-order valence-corrected chi connectivity index (χ3v) is 1.18. The second kappa shape index (κ2) is 5.06. The summed E-state index contributed by atoms with van der Waals surface area (Å²) >= 11 is 0. The van der Waals surface area contributed by atoms with E-state index in [0.717, 1.165) is 19.5 Å². The molecule has 1 atom stereocenters. The summed E-state index contributed by atoms with van der Waals surface area (Å²) in [5, 5.41) is 3.17. The van der Waals surface area contributed by atoms with E-state index < -0.39 is 0 Å². The molecule has 2 nitrogen and oxygen atoms in total. The Bertz CT molecular complexity index is 45.8. The molecule has 50 valence electrons. The quantitative estimate of drug-likeness (QED) is 0.555. The predicted molar refractivity (Wildman–Crippen MR) is 36.8 cm³/mol. The zero-order valence-corrected chi connectivity index (χ0v) is 5.78. The van der Waals surface area contributed by atoms with Gasteiger partial charge in [0.2, 0.25) is 0 Å². The van der Waals surface area contributed by atoms with E-state index in [-0.39, 0.29) is 0 Å². The van der Waals surface area contributed by atoms with Crippen LogP contribution in [0.25, 0.3) is 0 Å². The molecule has 8 heavy (non-hydrogen) atoms. The molecule has 0 bridgehead atoms. The van der Waals surface area contributed by atoms with Crippen LogP contribution in [0.3, 0.4) is 0 Å². The normalized spacial score (nSPS) is 13.9. The molecular formula is C6H16N2. The molecule has 3 N–H and O–H groups in total. The van der Waals surface area contributed by atoms with Crippen LogP contribution in [0, 0.1) is 0 Å². The summed E-state index contributed by atoms with van der Waals surface area (Å²) in [5.41, 5.74) is 5.60. The van der Waals surface area contributed by atoms with Gasteiger partial charge in [-0.25, -0.2) is 0 Å². The molecule has 0 radical (unpaired) electrons. The fourth-order valence-electron chi connectivity index (χ4n) is 0.474. The van der Waals surface area contributed by atoms with Crippen LogP contribution in [0.2, 0.25) is 0 Å². The average molecular weight is 116 g/mol. The van der Waals surface area contributed by atoms with Crippen LogP contribution in [-0.4, -0.2) is 19.1 Å². The number of hydrogen-bond acceptors (Lipinski definition) is 2. The predicted octanol–water partition coefficient (Wildman–Crippen LogP) is 0.333. The standard InChI is InChI=1S/C6H16N2/c1-3-6(7)5-8-4-2/h6,8H,3-5,7H2,1-2H3/t6-/m1/s1. The molecule has 0 saturated heterocycles. The van der Waals surface area contributed by atoms with Crippen LogP contribution in [0.5, 0.6) is 0 Å². The van der Waals surface area contributed by atoms with Crippen molar-refractivity contribution in [2.24, 2.45) is 5.73 Å². The molecule has 0 aromatic heterocycles. The zero-order chi connectivity index (χ0) is 6.41. The van der Waals surface area contributed by atoms with Gasteiger partial charge in [-0.3, -0.25) is 0 Å². The minimum atomic E-state index is 0.343. The largest absolute Gasteiger partial charge is 0.327 e. The van der Waals surface area contributed by atoms with E-state index in [4.69, 9.17) is 5.73 Å². The van der Waals surface area contributed by atoms with Crippen LogP contribution in [0.1, 0.15) is 20.3 Å². The van der Waals surface area contributed by atoms with Gasteiger partial charge in [0.15, 0.2) is 0 Å². The number of nitrogens with one attached hydrogen (secondary N) is 1. The van der Waals surface area contributed by atoms with Crippen molar-refractivity contribution in [2.75, 3.05) is 13.1 Å². The Hall–Kier alpha value is -0.0800. The molecule has 0 unspecified atom stereocenters. The molecule has 0 saturated carbocycles. The van der Waals surface area contributed by atoms with Gasteiger partial charge in [-0.05, 0) is 13.0 Å². The summed E-state index contributed by atoms with van der Waals surface area (Å²) in [4.78, 5) is 0. The smallest absolute Gasteiger partial charge is 0.0162 e. The second-order valence-electron chi connectivity index (χ2n) is 1.98. The van der Waals surface area contributed by atoms with Crippen LogP contribution in [-0.2, 0) is 0 Å². The first kappa shape index (κ1) is 7.92. The average Bonchev–Trinajstić information content (AvgIpc) is 1.83. The highest BCUT2D eigenvalue weighted by Crippen LogP contribution is 1.80. The van der Waals surface area contributed by atoms with Gasteiger partial charge in [0, 0.05) is 12.6 Å². The first-order valence-corrected chi connectivity index (χ1v) is 3.27. The molecule has 0 heterocycles. The lowest BCUT2D eigenvalue weighted by atomic mass is 10.2. The maximum absolute atomic E-state index is 5.60. The highest BCUT2D eigenvalue weighted by Gasteiger charge is 1.93. The third kappa shape index (κ3) is 4.09. The Morgan fingerprint density at radius 2 is 2.12 bits per heavy atom. The number of hydrogen-bond donors (Lipinski definition) is 2. The maximum atomic E-state index is 5.60. The first-order chi connectivity index (χ1) is 3.81. The monoisotopic (exact) mass is 116 g/mol. The van der Waals surface area contributed by atoms with Crippen LogP contribution in [0.4, 0.5) is 0 Å². The van der Waals surface area contributed by atoms with E-state index in [9.17, 15) is 0 Å². The van der Waals surface area contributed by atoms with E-state index in [0.29, 0.717) is 6.04 Å². The lowest BCUT2D eigenvalue weighted by Crippen LogP contribution is -2.32. The number of rotatable bonds is 4. The van der Waals surface area contributed by atoms with Crippen molar-refractivity contribution in [3.63, 3.8) is 0 Å². The molecule has 0 rings (SSSR count). The summed E-state index contributed by atoms with van der Waals surface area (Å²) in [5.74, 6) is 0. The molecule has 0 aromatic rings. The van der Waals surface area contributed by atoms with Gasteiger partial charge in [-0.15, -0.1) is 0 Å². The van der Waals surface area contributed by atoms with Crippen LogP contribution >= 0.6 is 0 Å². The Morgan fingerprint density at radius 3 is 2.50 bits per heavy atom. The molecule has 0 spiro atoms. The lowest BCUT2D eigenvalue weighted by Gasteiger charge is -2.06. The SMILES string of the molecule is CCNC[C@H](N)CC. The zero-order valence-electron chi connectivity index (χ0n) is 5.78. The molecule has 0 aliphatic carbocycles. The summed E-state index contributed by atoms with van der Waals surface area (Å²) in [6, 6.07) is 0.343. The fraction of sp³-hybridized carbons (Fsp3) is 1.00. The minimum Gasteiger partial charge on any atom is -0.327 e. The minimum absolute atomic E-state index is 0.343. The first-order valence-electron chi connectivity index (χ1n) is 3.27. The summed E-state index contributed by atoms with van der Waals surface area (Å²) in [7, 11) is 0. The molecular weight excluding hydrogens is 100 g/mol. The topological polar surface area (TPSA) is 38.0 Å². The van der Waals surface area contributed by atoms with Gasteiger partial charge in [0.25, 0.3) is 0 Å². The highest BCUT2D eigenvalue weighted by atomic mass is 14.9. The molecule has 0 aliphatic rings. The van der Waals surface area contributed by atoms with Crippen molar-refractivity contribution >= 4 is 0 Å². The maximum Gasteiger partial charge on any atom is 0.0162 e. The Balaban J connectivity index is 2.86. The van der Waals surface area contributed by atoms with Crippen molar-refractivity contribution in [3.8, 4) is 0 Å². The Kier molecular flexibility index (Phi) is 5.01. The van der Waals surface area contributed by atoms with Gasteiger partial charge in [-0.2, -0.15) is 0 Å². The van der Waals surface area contributed by atoms with Crippen molar-refractivity contribution in [3.05, 3.63) is 0 Å². The molecule has 0 fully saturated rings. The van der Waals surface area contributed by atoms with Crippen molar-refractivity contribution in [2.45, 2.75) is 26.3 Å². The van der Waals surface area contributed by atoms with Gasteiger partial charge in [0.1, 0.15) is 0 Å². The summed E-state index contributed by atoms with van der Waals surface area (Å²) in [6.45, 7) is 6.16. The van der Waals surface area contributed by atoms with Gasteiger partial charge in [0.05, 0.1) is 0 Å². The Labute approximate surface area is 51.5 Å². The van der Waals surface area contributed by atoms with E-state index >= 15 is 0 Å². The van der Waals surface area contributed by atoms with Crippen molar-refractivity contribution in [1.29, 1.82) is 0 Å². The molecule has 0 aromatic carbocycles. The van der Waals surface area contributed by atoms with E-state index in [1.54, 1.807) is 0 Å². The van der Waals surface area contributed by atoms with E-state index in [1.165, 1.54) is 0 Å².